The molecule has 3 heterocycles. The van der Waals surface area contributed by atoms with E-state index in [-0.39, 0.29) is 5.75 Å². The fourth-order valence-corrected chi connectivity index (χ4v) is 4.37. The van der Waals surface area contributed by atoms with Crippen LogP contribution in [0.15, 0.2) is 18.6 Å². The molecule has 1 unspecified atom stereocenters. The molecule has 0 N–H and O–H groups in total. The van der Waals surface area contributed by atoms with Gasteiger partial charge in [0, 0.05) is 38.6 Å². The highest BCUT2D eigenvalue weighted by atomic mass is 32.2. The maximum Gasteiger partial charge on any atom is 0.214 e. The van der Waals surface area contributed by atoms with Crippen LogP contribution in [0.5, 0.6) is 0 Å². The minimum Gasteiger partial charge on any atom is -0.370 e. The van der Waals surface area contributed by atoms with E-state index in [9.17, 15) is 8.42 Å². The Morgan fingerprint density at radius 1 is 1.32 bits per heavy atom. The number of ether oxygens (including phenoxy) is 1. The molecule has 1 aromatic rings. The zero-order valence-electron chi connectivity index (χ0n) is 12.8. The Morgan fingerprint density at radius 2 is 2.18 bits per heavy atom. The lowest BCUT2D eigenvalue weighted by Crippen LogP contribution is -2.61. The molecule has 2 aliphatic heterocycles. The summed E-state index contributed by atoms with van der Waals surface area (Å²) in [6.07, 6.45) is 6.89. The lowest BCUT2D eigenvalue weighted by atomic mass is 9.91. The third-order valence-corrected chi connectivity index (χ3v) is 6.21. The van der Waals surface area contributed by atoms with Crippen molar-refractivity contribution in [3.63, 3.8) is 0 Å². The molecular weight excluding hydrogens is 304 g/mol. The van der Waals surface area contributed by atoms with Crippen molar-refractivity contribution in [2.75, 3.05) is 43.4 Å². The lowest BCUT2D eigenvalue weighted by molar-refractivity contribution is -0.0950. The van der Waals surface area contributed by atoms with Crippen molar-refractivity contribution in [1.29, 1.82) is 0 Å². The van der Waals surface area contributed by atoms with Crippen LogP contribution in [0.2, 0.25) is 0 Å². The van der Waals surface area contributed by atoms with Crippen LogP contribution in [0, 0.1) is 0 Å². The molecule has 122 valence electrons. The molecule has 1 atom stereocenters. The number of rotatable bonds is 3. The minimum absolute atomic E-state index is 0.136. The van der Waals surface area contributed by atoms with Crippen LogP contribution in [-0.2, 0) is 14.8 Å². The van der Waals surface area contributed by atoms with E-state index >= 15 is 0 Å². The molecule has 3 rings (SSSR count). The van der Waals surface area contributed by atoms with Crippen molar-refractivity contribution < 1.29 is 13.2 Å². The van der Waals surface area contributed by atoms with Gasteiger partial charge in [-0.2, -0.15) is 4.31 Å². The molecule has 1 spiro atoms. The van der Waals surface area contributed by atoms with Crippen LogP contribution >= 0.6 is 0 Å². The second kappa shape index (κ2) is 6.10. The summed E-state index contributed by atoms with van der Waals surface area (Å²) in [4.78, 5) is 10.6. The van der Waals surface area contributed by atoms with E-state index in [1.807, 2.05) is 0 Å². The number of morpholine rings is 1. The number of hydrogen-bond acceptors (Lipinski definition) is 6. The number of anilines is 1. The molecule has 2 saturated heterocycles. The van der Waals surface area contributed by atoms with Gasteiger partial charge in [0.1, 0.15) is 5.82 Å². The smallest absolute Gasteiger partial charge is 0.214 e. The fourth-order valence-electron chi connectivity index (χ4n) is 3.23. The maximum absolute atomic E-state index is 12.2. The summed E-state index contributed by atoms with van der Waals surface area (Å²) in [6.45, 7) is 4.56. The molecule has 2 fully saturated rings. The number of aromatic nitrogens is 2. The first-order chi connectivity index (χ1) is 10.5. The predicted molar refractivity (Wildman–Crippen MR) is 83.2 cm³/mol. The Labute approximate surface area is 131 Å². The van der Waals surface area contributed by atoms with E-state index in [1.54, 1.807) is 29.8 Å². The van der Waals surface area contributed by atoms with Gasteiger partial charge in [0.05, 0.1) is 24.2 Å². The molecule has 22 heavy (non-hydrogen) atoms. The SMILES string of the molecule is CCS(=O)(=O)N1CCOC2(CCCN(c3cnccn3)C2)C1. The van der Waals surface area contributed by atoms with Crippen LogP contribution in [-0.4, -0.2) is 66.8 Å². The molecule has 0 bridgehead atoms. The van der Waals surface area contributed by atoms with E-state index < -0.39 is 15.6 Å². The third-order valence-electron chi connectivity index (χ3n) is 4.38. The Balaban J connectivity index is 1.78. The van der Waals surface area contributed by atoms with Crippen LogP contribution in [0.3, 0.4) is 0 Å². The van der Waals surface area contributed by atoms with Crippen molar-refractivity contribution in [1.82, 2.24) is 14.3 Å². The summed E-state index contributed by atoms with van der Waals surface area (Å²) < 4.78 is 31.9. The molecule has 0 aromatic carbocycles. The summed E-state index contributed by atoms with van der Waals surface area (Å²) in [7, 11) is -3.17. The maximum atomic E-state index is 12.2. The van der Waals surface area contributed by atoms with Gasteiger partial charge in [-0.25, -0.2) is 13.4 Å². The monoisotopic (exact) mass is 326 g/mol. The van der Waals surface area contributed by atoms with E-state index in [0.29, 0.717) is 26.2 Å². The van der Waals surface area contributed by atoms with Crippen LogP contribution in [0.1, 0.15) is 19.8 Å². The molecule has 0 saturated carbocycles. The molecular formula is C14H22N4O3S. The van der Waals surface area contributed by atoms with Crippen molar-refractivity contribution in [2.45, 2.75) is 25.4 Å². The summed E-state index contributed by atoms with van der Waals surface area (Å²) in [5, 5.41) is 0. The van der Waals surface area contributed by atoms with Crippen LogP contribution < -0.4 is 4.90 Å². The second-order valence-electron chi connectivity index (χ2n) is 5.85. The van der Waals surface area contributed by atoms with Crippen molar-refractivity contribution in [3.8, 4) is 0 Å². The summed E-state index contributed by atoms with van der Waals surface area (Å²) in [6, 6.07) is 0. The number of piperidine rings is 1. The third kappa shape index (κ3) is 3.09. The highest BCUT2D eigenvalue weighted by molar-refractivity contribution is 7.89. The molecule has 0 radical (unpaired) electrons. The Bertz CT molecular complexity index is 606. The normalized spacial score (nSPS) is 27.2. The zero-order valence-corrected chi connectivity index (χ0v) is 13.6. The van der Waals surface area contributed by atoms with Gasteiger partial charge in [0.25, 0.3) is 0 Å². The lowest BCUT2D eigenvalue weighted by Gasteiger charge is -2.47. The molecule has 7 nitrogen and oxygen atoms in total. The van der Waals surface area contributed by atoms with E-state index in [0.717, 1.165) is 25.2 Å². The molecule has 1 aromatic heterocycles. The highest BCUT2D eigenvalue weighted by Gasteiger charge is 2.43. The molecule has 0 amide bonds. The Kier molecular flexibility index (Phi) is 4.33. The van der Waals surface area contributed by atoms with Crippen LogP contribution in [0.25, 0.3) is 0 Å². The largest absolute Gasteiger partial charge is 0.370 e. The van der Waals surface area contributed by atoms with Gasteiger partial charge < -0.3 is 9.64 Å². The van der Waals surface area contributed by atoms with Gasteiger partial charge in [0.15, 0.2) is 0 Å². The van der Waals surface area contributed by atoms with Gasteiger partial charge in [-0.05, 0) is 19.8 Å². The van der Waals surface area contributed by atoms with Crippen molar-refractivity contribution >= 4 is 15.8 Å². The van der Waals surface area contributed by atoms with Gasteiger partial charge in [0.2, 0.25) is 10.0 Å². The van der Waals surface area contributed by atoms with Gasteiger partial charge in [-0.15, -0.1) is 0 Å². The first kappa shape index (κ1) is 15.6. The Hall–Kier alpha value is -1.25. The van der Waals surface area contributed by atoms with Crippen LogP contribution in [0.4, 0.5) is 5.82 Å². The highest BCUT2D eigenvalue weighted by Crippen LogP contribution is 2.31. The molecule has 2 aliphatic rings. The van der Waals surface area contributed by atoms with Gasteiger partial charge in [-0.3, -0.25) is 4.98 Å². The summed E-state index contributed by atoms with van der Waals surface area (Å²) in [5.74, 6) is 0.956. The quantitative estimate of drug-likeness (QED) is 0.805. The number of sulfonamides is 1. The van der Waals surface area contributed by atoms with E-state index in [1.165, 1.54) is 0 Å². The molecule has 8 heteroatoms. The minimum atomic E-state index is -3.17. The van der Waals surface area contributed by atoms with E-state index in [2.05, 4.69) is 14.9 Å². The molecule has 0 aliphatic carbocycles. The number of nitrogens with zero attached hydrogens (tertiary/aromatic N) is 4. The fraction of sp³-hybridized carbons (Fsp3) is 0.714. The predicted octanol–water partition coefficient (Wildman–Crippen LogP) is 0.497. The number of hydrogen-bond donors (Lipinski definition) is 0. The second-order valence-corrected chi connectivity index (χ2v) is 8.11. The first-order valence-corrected chi connectivity index (χ1v) is 9.28. The van der Waals surface area contributed by atoms with Gasteiger partial charge >= 0.3 is 0 Å². The van der Waals surface area contributed by atoms with Gasteiger partial charge in [-0.1, -0.05) is 0 Å². The van der Waals surface area contributed by atoms with Crippen molar-refractivity contribution in [3.05, 3.63) is 18.6 Å². The standard InChI is InChI=1S/C14H22N4O3S/c1-2-22(19,20)18-8-9-21-14(12-18)4-3-7-17(11-14)13-10-15-5-6-16-13/h5-6,10H,2-4,7-9,11-12H2,1H3. The van der Waals surface area contributed by atoms with Crippen molar-refractivity contribution in [2.24, 2.45) is 0 Å². The Morgan fingerprint density at radius 3 is 2.91 bits per heavy atom. The average Bonchev–Trinajstić information content (AvgIpc) is 2.56. The summed E-state index contributed by atoms with van der Waals surface area (Å²) in [5.41, 5.74) is -0.434. The first-order valence-electron chi connectivity index (χ1n) is 7.67. The summed E-state index contributed by atoms with van der Waals surface area (Å²) >= 11 is 0. The van der Waals surface area contributed by atoms with E-state index in [4.69, 9.17) is 4.74 Å². The topological polar surface area (TPSA) is 75.6 Å². The average molecular weight is 326 g/mol. The zero-order chi connectivity index (χ0) is 15.6.